The van der Waals surface area contributed by atoms with Crippen LogP contribution in [0.5, 0.6) is 0 Å². The van der Waals surface area contributed by atoms with Crippen LogP contribution < -0.4 is 0 Å². The van der Waals surface area contributed by atoms with E-state index in [4.69, 9.17) is 0 Å². The molecule has 945 valence electrons. The van der Waals surface area contributed by atoms with Crippen LogP contribution in [0.4, 0.5) is 0 Å². The van der Waals surface area contributed by atoms with Crippen molar-refractivity contribution in [2.75, 3.05) is 0 Å². The number of rotatable bonds is 0. The molecule has 0 aromatic carbocycles. The zero-order chi connectivity index (χ0) is 0. The Balaban J connectivity index is 0. The monoisotopic (exact) mass is 16700 g/mol. The minimum Gasteiger partial charge on any atom is 0 e. The molecule has 0 fully saturated rings. The van der Waals surface area contributed by atoms with Gasteiger partial charge in [-0.25, -0.2) is 0 Å². The van der Waals surface area contributed by atoms with Gasteiger partial charge in [-0.1, -0.05) is 0 Å². The molecule has 0 bridgehead atoms. The van der Waals surface area contributed by atoms with Crippen molar-refractivity contribution in [1.82, 2.24) is 0 Å². The van der Waals surface area contributed by atoms with Gasteiger partial charge >= 0.3 is 0 Å². The van der Waals surface area contributed by atoms with Crippen molar-refractivity contribution in [1.29, 1.82) is 0 Å². The second kappa shape index (κ2) is 743. The Morgan fingerprint density at radius 1 is 0.00952 bits per heavy atom. The molecule has 0 saturated heterocycles. The van der Waals surface area contributed by atoms with Gasteiger partial charge in [0.25, 0.3) is 0 Å². The minimum absolute atomic E-state index is 0. The zero-order valence-electron chi connectivity index (χ0n) is 35.0. The first kappa shape index (κ1) is 752. The summed E-state index contributed by atoms with van der Waals surface area (Å²) in [4.78, 5) is 0. The van der Waals surface area contributed by atoms with Crippen molar-refractivity contribution < 1.29 is 4050 Å². The molecule has 0 aliphatic heterocycles. The third-order valence-electron chi connectivity index (χ3n) is 0. The predicted molar refractivity (Wildman–Crippen MR) is 0 cm³/mol. The molecule has 0 saturated carbocycles. The summed E-state index contributed by atoms with van der Waals surface area (Å²) < 4.78 is 0. The summed E-state index contributed by atoms with van der Waals surface area (Å²) in [5, 5.41) is 0. The third-order valence-corrected chi connectivity index (χ3v) is 0. The molecule has 0 aliphatic carbocycles. The van der Waals surface area contributed by atoms with Crippen molar-refractivity contribution >= 4 is 0 Å². The Hall–Kier alpha value is 135. The summed E-state index contributed by atoms with van der Waals surface area (Å²) in [6.45, 7) is 0. The molecule has 0 aromatic rings. The van der Waals surface area contributed by atoms with Crippen LogP contribution in [0.25, 0.3) is 0 Å². The molecule has 105 radical (unpaired) electrons. The van der Waals surface area contributed by atoms with Gasteiger partial charge in [-0.15, -0.1) is 0 Å². The standard InChI is InChI=1S/105Tb. The van der Waals surface area contributed by atoms with Crippen LogP contribution in [0.15, 0.2) is 0 Å². The smallest absolute Gasteiger partial charge is 0 e. The number of hydrogen-bond donors (Lipinski definition) is 0. The Morgan fingerprint density at radius 3 is 0.00952 bits per heavy atom. The van der Waals surface area contributed by atoms with Gasteiger partial charge in [-0.3, -0.25) is 0 Å². The Morgan fingerprint density at radius 2 is 0.00952 bits per heavy atom. The van der Waals surface area contributed by atoms with Gasteiger partial charge in [-0.2, -0.15) is 0 Å². The second-order valence-electron chi connectivity index (χ2n) is 0. The quantitative estimate of drug-likeness (QED) is 0.321. The van der Waals surface area contributed by atoms with Crippen LogP contribution in [0.1, 0.15) is 0 Å². The van der Waals surface area contributed by atoms with Gasteiger partial charge in [0, 0.05) is 4050 Å². The van der Waals surface area contributed by atoms with Crippen LogP contribution >= 0.6 is 0 Å². The third kappa shape index (κ3) is 737. The second-order valence-corrected chi connectivity index (χ2v) is 0. The summed E-state index contributed by atoms with van der Waals surface area (Å²) in [5.41, 5.74) is 0. The van der Waals surface area contributed by atoms with Gasteiger partial charge in [0.1, 0.15) is 0 Å². The molecule has 0 amide bonds. The maximum atomic E-state index is 0. The largest absolute Gasteiger partial charge is 0 e. The maximum Gasteiger partial charge on any atom is 0 e. The molecular weight excluding hydrogens is 16700 g/mol. The zero-order valence-corrected chi connectivity index (χ0v) is 260. The molecule has 105 heavy (non-hydrogen) atoms. The number of hydrogen-bond acceptors (Lipinski definition) is 0. The van der Waals surface area contributed by atoms with E-state index in [1.54, 1.807) is 0 Å². The fourth-order valence-electron chi connectivity index (χ4n) is 0. The summed E-state index contributed by atoms with van der Waals surface area (Å²) >= 11 is 0. The summed E-state index contributed by atoms with van der Waals surface area (Å²) in [5.74, 6) is 0. The van der Waals surface area contributed by atoms with Crippen LogP contribution in [-0.4, -0.2) is 0 Å². The van der Waals surface area contributed by atoms with Crippen molar-refractivity contribution in [2.24, 2.45) is 0 Å². The molecule has 0 aliphatic rings. The van der Waals surface area contributed by atoms with E-state index < -0.39 is 0 Å². The van der Waals surface area contributed by atoms with Gasteiger partial charge in [-0.05, 0) is 0 Å². The maximum absolute atomic E-state index is 0. The van der Waals surface area contributed by atoms with E-state index in [1.165, 1.54) is 0 Å². The van der Waals surface area contributed by atoms with E-state index in [0.29, 0.717) is 0 Å². The summed E-state index contributed by atoms with van der Waals surface area (Å²) in [6, 6.07) is 0. The van der Waals surface area contributed by atoms with Gasteiger partial charge in [0.2, 0.25) is 0 Å². The molecule has 0 N–H and O–H groups in total. The van der Waals surface area contributed by atoms with E-state index >= 15 is 0 Å². The molecule has 0 unspecified atom stereocenters. The van der Waals surface area contributed by atoms with E-state index in [0.717, 1.165) is 0 Å². The average Bonchev–Trinajstić information content (AvgIpc) is 0. The topological polar surface area (TPSA) is 0 Å². The van der Waals surface area contributed by atoms with Crippen LogP contribution in [-0.2, 0) is 0 Å². The Kier molecular flexibility index (Phi) is 5320. The fraction of sp³-hybridized carbons (Fsp3) is 0. The van der Waals surface area contributed by atoms with E-state index in [9.17, 15) is 0 Å². The molecular formula is Tb105. The summed E-state index contributed by atoms with van der Waals surface area (Å²) in [6.07, 6.45) is 0. The van der Waals surface area contributed by atoms with E-state index in [1.807, 2.05) is 0 Å². The predicted octanol–water partition coefficient (Wildman–Crippen LogP) is 0. The molecule has 105 heteroatoms. The molecule has 0 heterocycles. The molecule has 0 aromatic heterocycles. The molecule has 0 spiro atoms. The van der Waals surface area contributed by atoms with E-state index in [-0.39, 0.29) is 4050 Å². The van der Waals surface area contributed by atoms with Gasteiger partial charge in [0.15, 0.2) is 0 Å². The van der Waals surface area contributed by atoms with Crippen LogP contribution in [0.2, 0.25) is 0 Å². The van der Waals surface area contributed by atoms with Crippen molar-refractivity contribution in [2.45, 2.75) is 0 Å². The van der Waals surface area contributed by atoms with Crippen molar-refractivity contribution in [3.8, 4) is 0 Å². The first-order chi connectivity index (χ1) is 0. The fourth-order valence-corrected chi connectivity index (χ4v) is 0. The Labute approximate surface area is 3880 Å². The first-order valence-electron chi connectivity index (χ1n) is 0. The summed E-state index contributed by atoms with van der Waals surface area (Å²) in [7, 11) is 0. The molecule has 0 nitrogen and oxygen atoms in total. The Bertz CT molecular complexity index is 0. The van der Waals surface area contributed by atoms with Gasteiger partial charge < -0.3 is 0 Å². The first-order valence-corrected chi connectivity index (χ1v) is 0. The van der Waals surface area contributed by atoms with Crippen molar-refractivity contribution in [3.05, 3.63) is 0 Å². The molecule has 0 atom stereocenters. The molecule has 0 rings (SSSR count). The normalized spacial score (nSPS) is 0. The van der Waals surface area contributed by atoms with E-state index in [2.05, 4.69) is 0 Å². The SMILES string of the molecule is [Tb].[Tb].[Tb].[Tb].[Tb].[Tb].[Tb].[Tb].[Tb].[Tb].[Tb].[Tb].[Tb].[Tb].[Tb].[Tb].[Tb].[Tb].[Tb].[Tb].[Tb].[Tb].[Tb].[Tb].[Tb].[Tb].[Tb].[Tb].[Tb].[Tb].[Tb].[Tb].[Tb].[Tb].[Tb].[Tb].[Tb].[Tb].[Tb].[Tb].[Tb].[Tb].[Tb].[Tb].[Tb].[Tb].[Tb].[Tb].[Tb].[Tb].[Tb].[Tb].[Tb].[Tb].[Tb].[Tb].[Tb].[Tb].[Tb].[Tb].[Tb].[Tb].[Tb].[Tb].[Tb].[Tb].[Tb].[Tb].[Tb].[Tb].[Tb].[Tb].[Tb].[Tb].[Tb].[Tb].[Tb].[Tb].[Tb].[Tb].[Tb].[Tb].[Tb].[Tb].[Tb].[Tb].[Tb].[Tb].[Tb].[Tb].[Tb].[Tb].[Tb].[Tb].[Tb].[Tb].[Tb].[Tb].[Tb].[Tb].[Tb].[Tb].[Tb].[Tb].[Tb]. The van der Waals surface area contributed by atoms with Crippen LogP contribution in [0.3, 0.4) is 0 Å². The van der Waals surface area contributed by atoms with Crippen LogP contribution in [0, 0.1) is 4050 Å². The van der Waals surface area contributed by atoms with Crippen molar-refractivity contribution in [3.63, 3.8) is 0 Å². The average molecular weight is 16700 g/mol. The minimum atomic E-state index is 0. The van der Waals surface area contributed by atoms with Gasteiger partial charge in [0.05, 0.1) is 0 Å².